The fourth-order valence-corrected chi connectivity index (χ4v) is 3.42. The number of aliphatic hydroxyl groups is 1. The van der Waals surface area contributed by atoms with E-state index in [9.17, 15) is 14.7 Å². The van der Waals surface area contributed by atoms with Gasteiger partial charge in [-0.3, -0.25) is 14.4 Å². The first kappa shape index (κ1) is 22.1. The quantitative estimate of drug-likeness (QED) is 0.698. The van der Waals surface area contributed by atoms with Crippen molar-refractivity contribution >= 4 is 23.4 Å². The molecule has 2 aromatic rings. The molecule has 162 valence electrons. The average Bonchev–Trinajstić information content (AvgIpc) is 3.36. The highest BCUT2D eigenvalue weighted by atomic mass is 35.5. The molecule has 0 unspecified atom stereocenters. The number of nitrogens with one attached hydrogen (secondary N) is 1. The van der Waals surface area contributed by atoms with Crippen LogP contribution >= 0.6 is 11.6 Å². The van der Waals surface area contributed by atoms with Crippen molar-refractivity contribution in [2.75, 3.05) is 6.61 Å². The van der Waals surface area contributed by atoms with Gasteiger partial charge in [-0.05, 0) is 46.0 Å². The lowest BCUT2D eigenvalue weighted by atomic mass is 9.89. The number of nitrogens with zero attached hydrogens (tertiary/aromatic N) is 5. The van der Waals surface area contributed by atoms with E-state index in [1.54, 1.807) is 18.2 Å². The molecule has 1 saturated heterocycles. The smallest absolute Gasteiger partial charge is 0.275 e. The Morgan fingerprint density at radius 2 is 2.17 bits per heavy atom. The predicted octanol–water partition coefficient (Wildman–Crippen LogP) is 1.26. The van der Waals surface area contributed by atoms with Crippen molar-refractivity contribution in [2.24, 2.45) is 5.41 Å². The zero-order chi connectivity index (χ0) is 21.9. The first-order chi connectivity index (χ1) is 14.2. The highest BCUT2D eigenvalue weighted by molar-refractivity contribution is 6.30. The van der Waals surface area contributed by atoms with Gasteiger partial charge in [0.2, 0.25) is 5.91 Å². The third-order valence-electron chi connectivity index (χ3n) is 4.61. The van der Waals surface area contributed by atoms with E-state index in [1.165, 1.54) is 11.0 Å². The van der Waals surface area contributed by atoms with E-state index in [4.69, 9.17) is 16.4 Å². The molecular weight excluding hydrogens is 412 g/mol. The Hall–Kier alpha value is -2.56. The molecule has 10 nitrogen and oxygen atoms in total. The first-order valence-electron chi connectivity index (χ1n) is 9.59. The Morgan fingerprint density at radius 1 is 1.40 bits per heavy atom. The standard InChI is InChI=1S/C19H25ClN6O4/c1-19(2,3)9-16(27)18(29)26-15(6-7-30-26)17(28)21-10-12-8-13(20)4-5-14(12)25-11-22-23-24-25/h4-5,8,11,15-16,27H,6-7,9-10H2,1-3H3,(H,21,28)/t15-,16+/m0/s1. The van der Waals surface area contributed by atoms with Crippen LogP contribution in [0.25, 0.3) is 5.69 Å². The summed E-state index contributed by atoms with van der Waals surface area (Å²) in [4.78, 5) is 30.7. The summed E-state index contributed by atoms with van der Waals surface area (Å²) >= 11 is 6.10. The molecule has 0 saturated carbocycles. The molecule has 0 radical (unpaired) electrons. The molecule has 2 N–H and O–H groups in total. The fourth-order valence-electron chi connectivity index (χ4n) is 3.23. The maximum Gasteiger partial charge on any atom is 0.275 e. The SMILES string of the molecule is CC(C)(C)C[C@@H](O)C(=O)N1OCC[C@H]1C(=O)NCc1cc(Cl)ccc1-n1cnnn1. The minimum absolute atomic E-state index is 0.150. The minimum Gasteiger partial charge on any atom is -0.383 e. The van der Waals surface area contributed by atoms with Gasteiger partial charge in [0.15, 0.2) is 0 Å². The summed E-state index contributed by atoms with van der Waals surface area (Å²) in [5, 5.41) is 25.7. The number of aliphatic hydroxyl groups excluding tert-OH is 1. The molecule has 0 bridgehead atoms. The topological polar surface area (TPSA) is 122 Å². The Morgan fingerprint density at radius 3 is 2.83 bits per heavy atom. The zero-order valence-electron chi connectivity index (χ0n) is 17.1. The fraction of sp³-hybridized carbons (Fsp3) is 0.526. The molecule has 1 aliphatic heterocycles. The third-order valence-corrected chi connectivity index (χ3v) is 4.84. The van der Waals surface area contributed by atoms with Gasteiger partial charge in [0.05, 0.1) is 12.3 Å². The number of hydrogen-bond acceptors (Lipinski definition) is 7. The van der Waals surface area contributed by atoms with E-state index in [-0.39, 0.29) is 30.9 Å². The highest BCUT2D eigenvalue weighted by Crippen LogP contribution is 2.24. The molecular formula is C19H25ClN6O4. The molecule has 3 rings (SSSR count). The van der Waals surface area contributed by atoms with Crippen LogP contribution in [0, 0.1) is 5.41 Å². The highest BCUT2D eigenvalue weighted by Gasteiger charge is 2.39. The van der Waals surface area contributed by atoms with E-state index in [2.05, 4.69) is 20.8 Å². The van der Waals surface area contributed by atoms with Gasteiger partial charge in [-0.25, -0.2) is 9.75 Å². The van der Waals surface area contributed by atoms with Gasteiger partial charge in [-0.15, -0.1) is 5.10 Å². The van der Waals surface area contributed by atoms with Crippen LogP contribution < -0.4 is 5.32 Å². The van der Waals surface area contributed by atoms with E-state index in [0.717, 1.165) is 5.06 Å². The van der Waals surface area contributed by atoms with Crippen molar-refractivity contribution in [3.63, 3.8) is 0 Å². The van der Waals surface area contributed by atoms with Crippen molar-refractivity contribution in [1.82, 2.24) is 30.6 Å². The third kappa shape index (κ3) is 5.32. The number of rotatable bonds is 6. The van der Waals surface area contributed by atoms with Gasteiger partial charge in [0.1, 0.15) is 18.5 Å². The number of tetrazole rings is 1. The molecule has 0 aliphatic carbocycles. The van der Waals surface area contributed by atoms with Gasteiger partial charge >= 0.3 is 0 Å². The van der Waals surface area contributed by atoms with Crippen LogP contribution in [-0.2, 0) is 21.0 Å². The van der Waals surface area contributed by atoms with Gasteiger partial charge < -0.3 is 10.4 Å². The maximum atomic E-state index is 12.8. The van der Waals surface area contributed by atoms with Gasteiger partial charge in [-0.2, -0.15) is 0 Å². The lowest BCUT2D eigenvalue weighted by Gasteiger charge is -2.27. The lowest BCUT2D eigenvalue weighted by molar-refractivity contribution is -0.188. The average molecular weight is 437 g/mol. The van der Waals surface area contributed by atoms with Crippen LogP contribution in [0.2, 0.25) is 5.02 Å². The second-order valence-electron chi connectivity index (χ2n) is 8.33. The van der Waals surface area contributed by atoms with Crippen LogP contribution in [0.3, 0.4) is 0 Å². The number of aromatic nitrogens is 4. The first-order valence-corrected chi connectivity index (χ1v) is 9.97. The predicted molar refractivity (Wildman–Crippen MR) is 107 cm³/mol. The van der Waals surface area contributed by atoms with E-state index in [1.807, 2.05) is 20.8 Å². The molecule has 0 spiro atoms. The normalized spacial score (nSPS) is 17.8. The maximum absolute atomic E-state index is 12.8. The van der Waals surface area contributed by atoms with E-state index in [0.29, 0.717) is 22.7 Å². The molecule has 11 heteroatoms. The summed E-state index contributed by atoms with van der Waals surface area (Å²) in [5.41, 5.74) is 1.12. The van der Waals surface area contributed by atoms with Crippen molar-refractivity contribution < 1.29 is 19.5 Å². The summed E-state index contributed by atoms with van der Waals surface area (Å²) in [6.07, 6.45) is 0.807. The summed E-state index contributed by atoms with van der Waals surface area (Å²) in [6, 6.07) is 4.34. The van der Waals surface area contributed by atoms with Crippen LogP contribution in [0.15, 0.2) is 24.5 Å². The molecule has 30 heavy (non-hydrogen) atoms. The van der Waals surface area contributed by atoms with Crippen molar-refractivity contribution in [2.45, 2.75) is 52.3 Å². The van der Waals surface area contributed by atoms with E-state index >= 15 is 0 Å². The van der Waals surface area contributed by atoms with Gasteiger partial charge in [0, 0.05) is 18.0 Å². The molecule has 1 aromatic heterocycles. The van der Waals surface area contributed by atoms with E-state index < -0.39 is 18.1 Å². The Bertz CT molecular complexity index is 899. The number of carbonyl (C=O) groups is 2. The minimum atomic E-state index is -1.24. The van der Waals surface area contributed by atoms with Crippen molar-refractivity contribution in [1.29, 1.82) is 0 Å². The Labute approximate surface area is 179 Å². The Kier molecular flexibility index (Phi) is 6.69. The number of hydrogen-bond donors (Lipinski definition) is 2. The molecule has 2 heterocycles. The number of amides is 2. The largest absolute Gasteiger partial charge is 0.383 e. The van der Waals surface area contributed by atoms with Crippen LogP contribution in [0.4, 0.5) is 0 Å². The summed E-state index contributed by atoms with van der Waals surface area (Å²) in [6.45, 7) is 6.14. The summed E-state index contributed by atoms with van der Waals surface area (Å²) in [7, 11) is 0. The number of halogens is 1. The molecule has 1 fully saturated rings. The van der Waals surface area contributed by atoms with Crippen LogP contribution in [0.1, 0.15) is 39.2 Å². The van der Waals surface area contributed by atoms with Gasteiger partial charge in [0.25, 0.3) is 5.91 Å². The lowest BCUT2D eigenvalue weighted by Crippen LogP contribution is -2.49. The second-order valence-corrected chi connectivity index (χ2v) is 8.76. The molecule has 1 aromatic carbocycles. The summed E-state index contributed by atoms with van der Waals surface area (Å²) in [5.74, 6) is -0.994. The van der Waals surface area contributed by atoms with Crippen molar-refractivity contribution in [3.8, 4) is 5.69 Å². The summed E-state index contributed by atoms with van der Waals surface area (Å²) < 4.78 is 1.47. The van der Waals surface area contributed by atoms with Crippen molar-refractivity contribution in [3.05, 3.63) is 35.1 Å². The van der Waals surface area contributed by atoms with Crippen LogP contribution in [0.5, 0.6) is 0 Å². The Balaban J connectivity index is 1.68. The monoisotopic (exact) mass is 436 g/mol. The number of hydroxylamine groups is 2. The second kappa shape index (κ2) is 9.07. The number of carbonyl (C=O) groups excluding carboxylic acids is 2. The number of benzene rings is 1. The molecule has 1 aliphatic rings. The zero-order valence-corrected chi connectivity index (χ0v) is 17.8. The van der Waals surface area contributed by atoms with Gasteiger partial charge in [-0.1, -0.05) is 32.4 Å². The molecule has 2 atom stereocenters. The van der Waals surface area contributed by atoms with Crippen LogP contribution in [-0.4, -0.2) is 60.9 Å². The molecule has 2 amide bonds.